The molecule has 0 atom stereocenters. The average molecular weight is 389 g/mol. The zero-order chi connectivity index (χ0) is 19.6. The summed E-state index contributed by atoms with van der Waals surface area (Å²) in [4.78, 5) is 28.6. The van der Waals surface area contributed by atoms with E-state index in [0.29, 0.717) is 33.1 Å². The molecule has 0 aliphatic carbocycles. The van der Waals surface area contributed by atoms with Crippen molar-refractivity contribution >= 4 is 34.5 Å². The largest absolute Gasteiger partial charge is 0.495 e. The van der Waals surface area contributed by atoms with Gasteiger partial charge in [0.05, 0.1) is 28.8 Å². The fourth-order valence-electron chi connectivity index (χ4n) is 2.52. The Balaban J connectivity index is 1.72. The lowest BCUT2D eigenvalue weighted by molar-refractivity contribution is 0.0474. The average Bonchev–Trinajstić information content (AvgIpc) is 3.09. The number of nitrogens with zero attached hydrogens (tertiary/aromatic N) is 2. The van der Waals surface area contributed by atoms with Gasteiger partial charge in [-0.05, 0) is 30.2 Å². The molecule has 0 aliphatic rings. The van der Waals surface area contributed by atoms with Crippen molar-refractivity contribution in [3.05, 3.63) is 52.3 Å². The number of ketones is 1. The maximum absolute atomic E-state index is 12.3. The van der Waals surface area contributed by atoms with E-state index >= 15 is 0 Å². The van der Waals surface area contributed by atoms with E-state index < -0.39 is 12.6 Å². The fourth-order valence-corrected chi connectivity index (χ4v) is 2.77. The number of carbonyl (C=O) groups excluding carboxylic acids is 2. The third-order valence-electron chi connectivity index (χ3n) is 3.95. The van der Waals surface area contributed by atoms with Crippen LogP contribution in [0.25, 0.3) is 11.1 Å². The monoisotopic (exact) mass is 388 g/mol. The summed E-state index contributed by atoms with van der Waals surface area (Å²) in [5.74, 6) is -0.469. The first kappa shape index (κ1) is 18.8. The van der Waals surface area contributed by atoms with Crippen LogP contribution in [0.4, 0.5) is 0 Å². The molecule has 140 valence electrons. The van der Waals surface area contributed by atoms with Gasteiger partial charge in [-0.1, -0.05) is 30.6 Å². The normalized spacial score (nSPS) is 11.0. The van der Waals surface area contributed by atoms with E-state index in [1.165, 1.54) is 19.4 Å². The van der Waals surface area contributed by atoms with Crippen LogP contribution in [0.15, 0.2) is 35.0 Å². The second-order valence-electron chi connectivity index (χ2n) is 6.15. The van der Waals surface area contributed by atoms with Crippen LogP contribution in [0.2, 0.25) is 5.02 Å². The summed E-state index contributed by atoms with van der Waals surface area (Å²) in [6.07, 6.45) is 1.33. The van der Waals surface area contributed by atoms with Gasteiger partial charge in [-0.25, -0.2) is 9.78 Å². The van der Waals surface area contributed by atoms with Crippen LogP contribution in [0.3, 0.4) is 0 Å². The zero-order valence-electron chi connectivity index (χ0n) is 15.0. The Morgan fingerprint density at radius 1 is 1.22 bits per heavy atom. The number of Topliss-reactive ketones (excluding diaryl/α,β-unsaturated/α-hetero) is 1. The third kappa shape index (κ3) is 3.93. The molecule has 1 aromatic carbocycles. The summed E-state index contributed by atoms with van der Waals surface area (Å²) in [6, 6.07) is 6.20. The number of pyridine rings is 1. The highest BCUT2D eigenvalue weighted by Gasteiger charge is 2.18. The second-order valence-corrected chi connectivity index (χ2v) is 6.56. The number of benzene rings is 1. The summed E-state index contributed by atoms with van der Waals surface area (Å²) in [5.41, 5.74) is 1.59. The van der Waals surface area contributed by atoms with Gasteiger partial charge in [-0.2, -0.15) is 0 Å². The topological polar surface area (TPSA) is 91.5 Å². The summed E-state index contributed by atoms with van der Waals surface area (Å²) in [7, 11) is 1.48. The first-order chi connectivity index (χ1) is 12.9. The number of rotatable bonds is 6. The molecule has 0 amide bonds. The number of halogens is 1. The first-order valence-corrected chi connectivity index (χ1v) is 8.57. The van der Waals surface area contributed by atoms with E-state index in [4.69, 9.17) is 25.6 Å². The molecular weight excluding hydrogens is 372 g/mol. The maximum atomic E-state index is 12.3. The van der Waals surface area contributed by atoms with Crippen LogP contribution < -0.4 is 4.74 Å². The SMILES string of the molecule is COc1ccc(C(=O)COC(=O)c2cnc3onc(C(C)C)c3c2)cc1Cl. The number of hydrogen-bond acceptors (Lipinski definition) is 7. The molecule has 3 aromatic rings. The highest BCUT2D eigenvalue weighted by molar-refractivity contribution is 6.32. The summed E-state index contributed by atoms with van der Waals surface area (Å²) >= 11 is 6.01. The highest BCUT2D eigenvalue weighted by atomic mass is 35.5. The van der Waals surface area contributed by atoms with Gasteiger partial charge in [0.2, 0.25) is 0 Å². The quantitative estimate of drug-likeness (QED) is 0.464. The number of esters is 1. The molecule has 2 heterocycles. The maximum Gasteiger partial charge on any atom is 0.340 e. The number of ether oxygens (including phenoxy) is 2. The predicted molar refractivity (Wildman–Crippen MR) is 98.5 cm³/mol. The van der Waals surface area contributed by atoms with E-state index in [1.807, 2.05) is 13.8 Å². The summed E-state index contributed by atoms with van der Waals surface area (Å²) in [5, 5.41) is 4.91. The minimum absolute atomic E-state index is 0.112. The van der Waals surface area contributed by atoms with Crippen molar-refractivity contribution in [3.63, 3.8) is 0 Å². The molecule has 8 heteroatoms. The van der Waals surface area contributed by atoms with E-state index in [0.717, 1.165) is 0 Å². The number of fused-ring (bicyclic) bond motifs is 1. The summed E-state index contributed by atoms with van der Waals surface area (Å²) < 4.78 is 15.3. The Morgan fingerprint density at radius 3 is 2.67 bits per heavy atom. The molecule has 2 aromatic heterocycles. The number of carbonyl (C=O) groups is 2. The Bertz CT molecular complexity index is 1010. The lowest BCUT2D eigenvalue weighted by atomic mass is 10.1. The van der Waals surface area contributed by atoms with Gasteiger partial charge in [-0.15, -0.1) is 0 Å². The molecule has 0 unspecified atom stereocenters. The van der Waals surface area contributed by atoms with Crippen LogP contribution >= 0.6 is 11.6 Å². The molecule has 0 saturated heterocycles. The Kier molecular flexibility index (Phi) is 5.41. The van der Waals surface area contributed by atoms with Crippen LogP contribution in [-0.2, 0) is 4.74 Å². The molecule has 0 fully saturated rings. The van der Waals surface area contributed by atoms with Crippen LogP contribution in [-0.4, -0.2) is 35.6 Å². The minimum Gasteiger partial charge on any atom is -0.495 e. The molecule has 0 spiro atoms. The Labute approximate surface area is 160 Å². The standard InChI is InChI=1S/C19H17ClN2O5/c1-10(2)17-13-6-12(8-21-18(13)27-22-17)19(24)26-9-15(23)11-4-5-16(25-3)14(20)7-11/h4-8,10H,9H2,1-3H3. The second kappa shape index (κ2) is 7.75. The van der Waals surface area contributed by atoms with Crippen LogP contribution in [0.1, 0.15) is 46.2 Å². The smallest absolute Gasteiger partial charge is 0.340 e. The molecule has 0 aliphatic heterocycles. The van der Waals surface area contributed by atoms with Crippen molar-refractivity contribution in [1.82, 2.24) is 10.1 Å². The lowest BCUT2D eigenvalue weighted by Crippen LogP contribution is -2.14. The highest BCUT2D eigenvalue weighted by Crippen LogP contribution is 2.26. The van der Waals surface area contributed by atoms with Gasteiger partial charge in [0.15, 0.2) is 12.4 Å². The van der Waals surface area contributed by atoms with Gasteiger partial charge in [0.25, 0.3) is 5.71 Å². The molecule has 0 N–H and O–H groups in total. The summed E-state index contributed by atoms with van der Waals surface area (Å²) in [6.45, 7) is 3.50. The zero-order valence-corrected chi connectivity index (χ0v) is 15.7. The third-order valence-corrected chi connectivity index (χ3v) is 4.24. The number of hydrogen-bond donors (Lipinski definition) is 0. The van der Waals surface area contributed by atoms with E-state index in [-0.39, 0.29) is 17.3 Å². The number of methoxy groups -OCH3 is 1. The Hall–Kier alpha value is -2.93. The molecule has 0 radical (unpaired) electrons. The van der Waals surface area contributed by atoms with Gasteiger partial charge in [-0.3, -0.25) is 4.79 Å². The van der Waals surface area contributed by atoms with E-state index in [1.54, 1.807) is 18.2 Å². The minimum atomic E-state index is -0.659. The fraction of sp³-hybridized carbons (Fsp3) is 0.263. The lowest BCUT2D eigenvalue weighted by Gasteiger charge is -2.07. The van der Waals surface area contributed by atoms with Crippen LogP contribution in [0.5, 0.6) is 5.75 Å². The van der Waals surface area contributed by atoms with Gasteiger partial charge in [0, 0.05) is 11.8 Å². The van der Waals surface area contributed by atoms with Gasteiger partial charge < -0.3 is 14.0 Å². The molecule has 0 saturated carbocycles. The molecule has 7 nitrogen and oxygen atoms in total. The predicted octanol–water partition coefficient (Wildman–Crippen LogP) is 4.05. The van der Waals surface area contributed by atoms with Gasteiger partial charge >= 0.3 is 5.97 Å². The van der Waals surface area contributed by atoms with Crippen molar-refractivity contribution < 1.29 is 23.6 Å². The van der Waals surface area contributed by atoms with E-state index in [2.05, 4.69) is 10.1 Å². The molecule has 0 bridgehead atoms. The van der Waals surface area contributed by atoms with Crippen molar-refractivity contribution in [3.8, 4) is 5.75 Å². The molecule has 3 rings (SSSR count). The van der Waals surface area contributed by atoms with Crippen molar-refractivity contribution in [2.24, 2.45) is 0 Å². The van der Waals surface area contributed by atoms with Crippen molar-refractivity contribution in [1.29, 1.82) is 0 Å². The van der Waals surface area contributed by atoms with Crippen molar-refractivity contribution in [2.75, 3.05) is 13.7 Å². The van der Waals surface area contributed by atoms with Crippen LogP contribution in [0, 0.1) is 0 Å². The number of aromatic nitrogens is 2. The molecule has 27 heavy (non-hydrogen) atoms. The first-order valence-electron chi connectivity index (χ1n) is 8.20. The van der Waals surface area contributed by atoms with Gasteiger partial charge in [0.1, 0.15) is 5.75 Å². The Morgan fingerprint density at radius 2 is 2.00 bits per heavy atom. The van der Waals surface area contributed by atoms with E-state index in [9.17, 15) is 9.59 Å². The molecular formula is C19H17ClN2O5. The van der Waals surface area contributed by atoms with Crippen molar-refractivity contribution in [2.45, 2.75) is 19.8 Å².